The van der Waals surface area contributed by atoms with E-state index >= 15 is 0 Å². The lowest BCUT2D eigenvalue weighted by atomic mass is 9.72. The Labute approximate surface area is 122 Å². The first-order valence-electron chi connectivity index (χ1n) is 7.81. The third-order valence-electron chi connectivity index (χ3n) is 4.52. The van der Waals surface area contributed by atoms with Gasteiger partial charge in [0.15, 0.2) is 5.78 Å². The van der Waals surface area contributed by atoms with E-state index in [0.29, 0.717) is 12.8 Å². The summed E-state index contributed by atoms with van der Waals surface area (Å²) >= 11 is 0. The summed E-state index contributed by atoms with van der Waals surface area (Å²) in [5.74, 6) is -1.10. The maximum absolute atomic E-state index is 13.3. The Balaban J connectivity index is 2.35. The van der Waals surface area contributed by atoms with Gasteiger partial charge in [-0.05, 0) is 29.5 Å². The molecule has 0 bridgehead atoms. The van der Waals surface area contributed by atoms with Gasteiger partial charge in [0.25, 0.3) is 0 Å². The summed E-state index contributed by atoms with van der Waals surface area (Å²) in [6, 6.07) is 17.8. The molecule has 0 fully saturated rings. The molecule has 2 atom stereocenters. The zero-order valence-corrected chi connectivity index (χ0v) is 12.0. The number of ketones is 1. The molecular weight excluding hydrogens is 244 g/mol. The van der Waals surface area contributed by atoms with Crippen LogP contribution in [0.4, 0.5) is 0 Å². The van der Waals surface area contributed by atoms with E-state index < -0.39 is 11.3 Å². The summed E-state index contributed by atoms with van der Waals surface area (Å²) < 4.78 is 8.78. The first-order chi connectivity index (χ1) is 10.1. The van der Waals surface area contributed by atoms with Crippen molar-refractivity contribution >= 4 is 5.78 Å². The lowest BCUT2D eigenvalue weighted by Gasteiger charge is -2.28. The van der Waals surface area contributed by atoms with Crippen molar-refractivity contribution in [2.75, 3.05) is 0 Å². The van der Waals surface area contributed by atoms with Crippen LogP contribution in [0.15, 0.2) is 54.6 Å². The molecule has 1 heteroatoms. The van der Waals surface area contributed by atoms with Gasteiger partial charge in [0.2, 0.25) is 0 Å². The van der Waals surface area contributed by atoms with Crippen molar-refractivity contribution in [1.29, 1.82) is 0 Å². The number of benzene rings is 2. The fourth-order valence-electron chi connectivity index (χ4n) is 3.54. The van der Waals surface area contributed by atoms with Gasteiger partial charge in [-0.3, -0.25) is 4.79 Å². The van der Waals surface area contributed by atoms with E-state index in [0.717, 1.165) is 16.7 Å². The quantitative estimate of drug-likeness (QED) is 0.800. The normalized spacial score (nSPS) is 29.1. The standard InChI is InChI=1S/C19H20O/c1-3-15-16-12-8-9-13-17(16)19(4-2,18(15)20)14-10-6-5-7-11-14/h5-13,15H,3-4H2,1-2H3/i15D. The Hall–Kier alpha value is -1.89. The highest BCUT2D eigenvalue weighted by Crippen LogP contribution is 2.50. The SMILES string of the molecule is [2H]C1(CC)C(=O)C(CC)(c2ccccc2)c2ccccc21. The van der Waals surface area contributed by atoms with Crippen LogP contribution in [0, 0.1) is 0 Å². The Bertz CT molecular complexity index is 679. The highest BCUT2D eigenvalue weighted by atomic mass is 16.1. The predicted octanol–water partition coefficient (Wildman–Crippen LogP) is 4.46. The molecule has 0 spiro atoms. The molecule has 20 heavy (non-hydrogen) atoms. The van der Waals surface area contributed by atoms with Gasteiger partial charge in [-0.25, -0.2) is 0 Å². The largest absolute Gasteiger partial charge is 0.298 e. The van der Waals surface area contributed by atoms with Crippen LogP contribution in [0.25, 0.3) is 0 Å². The molecule has 1 aliphatic carbocycles. The first kappa shape index (κ1) is 11.9. The monoisotopic (exact) mass is 265 g/mol. The Morgan fingerprint density at radius 2 is 1.70 bits per heavy atom. The minimum Gasteiger partial charge on any atom is -0.298 e. The summed E-state index contributed by atoms with van der Waals surface area (Å²) in [6.45, 7) is 3.97. The van der Waals surface area contributed by atoms with Gasteiger partial charge < -0.3 is 0 Å². The molecule has 2 unspecified atom stereocenters. The fraction of sp³-hybridized carbons (Fsp3) is 0.316. The van der Waals surface area contributed by atoms with E-state index in [1.54, 1.807) is 0 Å². The molecule has 1 aliphatic rings. The third kappa shape index (κ3) is 1.59. The Morgan fingerprint density at radius 3 is 2.35 bits per heavy atom. The lowest BCUT2D eigenvalue weighted by Crippen LogP contribution is -2.33. The minimum absolute atomic E-state index is 0.0207. The van der Waals surface area contributed by atoms with Crippen molar-refractivity contribution < 1.29 is 6.17 Å². The molecule has 1 nitrogen and oxygen atoms in total. The van der Waals surface area contributed by atoms with Gasteiger partial charge in [0, 0.05) is 7.26 Å². The summed E-state index contributed by atoms with van der Waals surface area (Å²) in [7, 11) is 0. The molecule has 2 aromatic rings. The molecular formula is C19H20O. The smallest absolute Gasteiger partial charge is 0.155 e. The second kappa shape index (κ2) is 4.90. The Morgan fingerprint density at radius 1 is 1.05 bits per heavy atom. The van der Waals surface area contributed by atoms with E-state index in [4.69, 9.17) is 1.37 Å². The molecule has 0 aliphatic heterocycles. The van der Waals surface area contributed by atoms with Crippen LogP contribution in [0.2, 0.25) is 0 Å². The van der Waals surface area contributed by atoms with Crippen molar-refractivity contribution in [3.8, 4) is 0 Å². The van der Waals surface area contributed by atoms with Crippen LogP contribution in [-0.2, 0) is 10.2 Å². The van der Waals surface area contributed by atoms with Crippen LogP contribution >= 0.6 is 0 Å². The van der Waals surface area contributed by atoms with E-state index in [1.165, 1.54) is 0 Å². The van der Waals surface area contributed by atoms with Gasteiger partial charge in [-0.15, -0.1) is 0 Å². The molecule has 0 N–H and O–H groups in total. The molecule has 2 aromatic carbocycles. The number of carbonyl (C=O) groups is 1. The van der Waals surface area contributed by atoms with Crippen molar-refractivity contribution in [1.82, 2.24) is 0 Å². The van der Waals surface area contributed by atoms with Crippen LogP contribution in [0.5, 0.6) is 0 Å². The highest BCUT2D eigenvalue weighted by Gasteiger charge is 2.50. The van der Waals surface area contributed by atoms with E-state index in [-0.39, 0.29) is 5.78 Å². The summed E-state index contributed by atoms with van der Waals surface area (Å²) in [6.07, 6.45) is 1.20. The number of Topliss-reactive ketones (excluding diaryl/α,β-unsaturated/α-hetero) is 1. The minimum atomic E-state index is -1.12. The predicted molar refractivity (Wildman–Crippen MR) is 82.0 cm³/mol. The summed E-state index contributed by atoms with van der Waals surface area (Å²) in [5.41, 5.74) is 2.23. The molecule has 0 amide bonds. The lowest BCUT2D eigenvalue weighted by molar-refractivity contribution is -0.123. The van der Waals surface area contributed by atoms with Crippen LogP contribution in [0.3, 0.4) is 0 Å². The van der Waals surface area contributed by atoms with Gasteiger partial charge in [-0.1, -0.05) is 68.4 Å². The van der Waals surface area contributed by atoms with Crippen LogP contribution in [-0.4, -0.2) is 5.78 Å². The topological polar surface area (TPSA) is 17.1 Å². The molecule has 0 heterocycles. The van der Waals surface area contributed by atoms with Crippen LogP contribution < -0.4 is 0 Å². The molecule has 0 saturated carbocycles. The number of fused-ring (bicyclic) bond motifs is 1. The van der Waals surface area contributed by atoms with Crippen molar-refractivity contribution in [2.45, 2.75) is 38.0 Å². The van der Waals surface area contributed by atoms with Gasteiger partial charge >= 0.3 is 0 Å². The van der Waals surface area contributed by atoms with E-state index in [1.807, 2.05) is 68.4 Å². The fourth-order valence-corrected chi connectivity index (χ4v) is 3.54. The second-order valence-electron chi connectivity index (χ2n) is 5.33. The van der Waals surface area contributed by atoms with Gasteiger partial charge in [0.05, 0.1) is 5.41 Å². The molecule has 3 rings (SSSR count). The van der Waals surface area contributed by atoms with Crippen molar-refractivity contribution in [3.63, 3.8) is 0 Å². The van der Waals surface area contributed by atoms with E-state index in [2.05, 4.69) is 0 Å². The average molecular weight is 265 g/mol. The van der Waals surface area contributed by atoms with E-state index in [9.17, 15) is 4.79 Å². The number of hydrogen-bond acceptors (Lipinski definition) is 1. The van der Waals surface area contributed by atoms with Crippen molar-refractivity contribution in [2.24, 2.45) is 0 Å². The van der Waals surface area contributed by atoms with Gasteiger partial charge in [0.1, 0.15) is 0 Å². The van der Waals surface area contributed by atoms with Gasteiger partial charge in [-0.2, -0.15) is 0 Å². The molecule has 0 aromatic heterocycles. The zero-order valence-electron chi connectivity index (χ0n) is 13.0. The third-order valence-corrected chi connectivity index (χ3v) is 4.52. The molecule has 102 valence electrons. The average Bonchev–Trinajstić information content (AvgIpc) is 2.75. The second-order valence-corrected chi connectivity index (χ2v) is 5.33. The van der Waals surface area contributed by atoms with Crippen molar-refractivity contribution in [3.05, 3.63) is 71.3 Å². The molecule has 0 saturated heterocycles. The number of rotatable bonds is 3. The number of carbonyl (C=O) groups excluding carboxylic acids is 1. The summed E-state index contributed by atoms with van der Waals surface area (Å²) in [5, 5.41) is 0. The first-order valence-corrected chi connectivity index (χ1v) is 7.31. The highest BCUT2D eigenvalue weighted by molar-refractivity contribution is 6.03. The maximum atomic E-state index is 13.3. The Kier molecular flexibility index (Phi) is 2.91. The van der Waals surface area contributed by atoms with Crippen LogP contribution in [0.1, 0.15) is 50.6 Å². The molecule has 0 radical (unpaired) electrons. The number of hydrogen-bond donors (Lipinski definition) is 0. The summed E-state index contributed by atoms with van der Waals surface area (Å²) in [4.78, 5) is 13.3. The maximum Gasteiger partial charge on any atom is 0.155 e. The zero-order chi connectivity index (χ0) is 15.1.